The van der Waals surface area contributed by atoms with Crippen molar-refractivity contribution in [1.29, 1.82) is 0 Å². The molecule has 1 aliphatic carbocycles. The first-order valence-corrected chi connectivity index (χ1v) is 10.1. The van der Waals surface area contributed by atoms with E-state index in [1.807, 2.05) is 0 Å². The molecule has 0 bridgehead atoms. The number of hydrogen-bond acceptors (Lipinski definition) is 4. The van der Waals surface area contributed by atoms with E-state index >= 15 is 0 Å². The number of para-hydroxylation sites is 1. The van der Waals surface area contributed by atoms with E-state index < -0.39 is 0 Å². The molecule has 2 saturated heterocycles. The van der Waals surface area contributed by atoms with Gasteiger partial charge in [0.1, 0.15) is 0 Å². The fraction of sp³-hybridized carbons (Fsp3) is 0.619. The zero-order chi connectivity index (χ0) is 19.0. The maximum atomic E-state index is 13.0. The lowest BCUT2D eigenvalue weighted by atomic mass is 9.73. The summed E-state index contributed by atoms with van der Waals surface area (Å²) >= 11 is 0. The summed E-state index contributed by atoms with van der Waals surface area (Å²) in [7, 11) is 0. The lowest BCUT2D eigenvalue weighted by Crippen LogP contribution is -2.56. The molecule has 0 radical (unpaired) electrons. The van der Waals surface area contributed by atoms with Crippen LogP contribution in [-0.4, -0.2) is 57.5 Å². The summed E-state index contributed by atoms with van der Waals surface area (Å²) in [5, 5.41) is 19.8. The van der Waals surface area contributed by atoms with E-state index in [2.05, 4.69) is 4.90 Å². The summed E-state index contributed by atoms with van der Waals surface area (Å²) in [6, 6.07) is 4.86. The second-order valence-corrected chi connectivity index (χ2v) is 8.46. The molecule has 1 spiro atoms. The van der Waals surface area contributed by atoms with E-state index in [1.54, 1.807) is 17.0 Å². The van der Waals surface area contributed by atoms with Crippen LogP contribution in [-0.2, 0) is 4.79 Å². The molecule has 1 aromatic carbocycles. The number of amides is 2. The van der Waals surface area contributed by atoms with Crippen LogP contribution < -0.4 is 0 Å². The molecule has 2 heterocycles. The average Bonchev–Trinajstić information content (AvgIpc) is 3.20. The Morgan fingerprint density at radius 3 is 2.63 bits per heavy atom. The Hall–Kier alpha value is -2.24. The number of phenolic OH excluding ortho intramolecular Hbond substituents is 2. The Kier molecular flexibility index (Phi) is 4.74. The molecule has 27 heavy (non-hydrogen) atoms. The maximum Gasteiger partial charge on any atom is 0.257 e. The first kappa shape index (κ1) is 18.1. The fourth-order valence-corrected chi connectivity index (χ4v) is 5.18. The maximum absolute atomic E-state index is 13.0. The number of phenols is 2. The summed E-state index contributed by atoms with van der Waals surface area (Å²) < 4.78 is 0. The van der Waals surface area contributed by atoms with Gasteiger partial charge >= 0.3 is 0 Å². The molecule has 4 rings (SSSR count). The van der Waals surface area contributed by atoms with Gasteiger partial charge in [-0.1, -0.05) is 18.9 Å². The predicted octanol–water partition coefficient (Wildman–Crippen LogP) is 2.89. The minimum atomic E-state index is -0.353. The van der Waals surface area contributed by atoms with Crippen LogP contribution in [0.5, 0.6) is 11.5 Å². The third-order valence-electron chi connectivity index (χ3n) is 6.65. The number of piperidine rings is 2. The second kappa shape index (κ2) is 7.06. The highest BCUT2D eigenvalue weighted by atomic mass is 16.3. The molecule has 3 aliphatic rings. The van der Waals surface area contributed by atoms with Gasteiger partial charge in [-0.05, 0) is 44.2 Å². The summed E-state index contributed by atoms with van der Waals surface area (Å²) in [5.41, 5.74) is 0.100. The predicted molar refractivity (Wildman–Crippen MR) is 101 cm³/mol. The van der Waals surface area contributed by atoms with Crippen molar-refractivity contribution in [2.24, 2.45) is 5.41 Å². The summed E-state index contributed by atoms with van der Waals surface area (Å²) in [6.07, 6.45) is 7.91. The number of carbonyl (C=O) groups is 2. The van der Waals surface area contributed by atoms with Gasteiger partial charge in [-0.3, -0.25) is 9.59 Å². The van der Waals surface area contributed by atoms with Crippen LogP contribution in [0.25, 0.3) is 0 Å². The van der Waals surface area contributed by atoms with Crippen LogP contribution in [0, 0.1) is 5.41 Å². The SMILES string of the molecule is O=C(c1cccc(O)c1O)N1CCC[C@]2(CCC(=O)N(C3CCCC3)C2)C1. The molecule has 0 unspecified atom stereocenters. The zero-order valence-corrected chi connectivity index (χ0v) is 15.7. The van der Waals surface area contributed by atoms with Crippen LogP contribution in [0.15, 0.2) is 18.2 Å². The van der Waals surface area contributed by atoms with E-state index in [-0.39, 0.29) is 34.3 Å². The largest absolute Gasteiger partial charge is 0.504 e. The van der Waals surface area contributed by atoms with Crippen LogP contribution in [0.3, 0.4) is 0 Å². The van der Waals surface area contributed by atoms with Gasteiger partial charge in [0.25, 0.3) is 5.91 Å². The molecular weight excluding hydrogens is 344 g/mol. The number of carbonyl (C=O) groups excluding carboxylic acids is 2. The topological polar surface area (TPSA) is 81.1 Å². The van der Waals surface area contributed by atoms with Crippen LogP contribution in [0.4, 0.5) is 0 Å². The highest BCUT2D eigenvalue weighted by Gasteiger charge is 2.45. The number of aromatic hydroxyl groups is 2. The van der Waals surface area contributed by atoms with Crippen molar-refractivity contribution in [1.82, 2.24) is 9.80 Å². The van der Waals surface area contributed by atoms with Gasteiger partial charge < -0.3 is 20.0 Å². The number of benzene rings is 1. The van der Waals surface area contributed by atoms with Crippen molar-refractivity contribution < 1.29 is 19.8 Å². The second-order valence-electron chi connectivity index (χ2n) is 8.46. The van der Waals surface area contributed by atoms with Gasteiger partial charge in [-0.2, -0.15) is 0 Å². The number of hydrogen-bond donors (Lipinski definition) is 2. The normalized spacial score (nSPS) is 26.7. The Balaban J connectivity index is 1.52. The summed E-state index contributed by atoms with van der Waals surface area (Å²) in [4.78, 5) is 29.4. The molecule has 2 N–H and O–H groups in total. The zero-order valence-electron chi connectivity index (χ0n) is 15.7. The van der Waals surface area contributed by atoms with Crippen molar-refractivity contribution in [3.63, 3.8) is 0 Å². The third kappa shape index (κ3) is 3.37. The summed E-state index contributed by atoms with van der Waals surface area (Å²) in [6.45, 7) is 2.00. The Labute approximate surface area is 159 Å². The molecule has 2 amide bonds. The third-order valence-corrected chi connectivity index (χ3v) is 6.65. The van der Waals surface area contributed by atoms with Crippen molar-refractivity contribution in [2.75, 3.05) is 19.6 Å². The first-order valence-electron chi connectivity index (χ1n) is 10.1. The van der Waals surface area contributed by atoms with Gasteiger partial charge in [0.05, 0.1) is 5.56 Å². The first-order chi connectivity index (χ1) is 13.0. The van der Waals surface area contributed by atoms with Crippen molar-refractivity contribution in [2.45, 2.75) is 57.4 Å². The van der Waals surface area contributed by atoms with Gasteiger partial charge in [0, 0.05) is 37.5 Å². The molecule has 2 aliphatic heterocycles. The molecule has 1 saturated carbocycles. The number of nitrogens with zero attached hydrogens (tertiary/aromatic N) is 2. The average molecular weight is 372 g/mol. The van der Waals surface area contributed by atoms with Gasteiger partial charge in [0.2, 0.25) is 5.91 Å². The van der Waals surface area contributed by atoms with E-state index in [4.69, 9.17) is 0 Å². The highest BCUT2D eigenvalue weighted by Crippen LogP contribution is 2.42. The number of rotatable bonds is 2. The van der Waals surface area contributed by atoms with Gasteiger partial charge in [0.15, 0.2) is 11.5 Å². The fourth-order valence-electron chi connectivity index (χ4n) is 5.18. The molecule has 6 heteroatoms. The highest BCUT2D eigenvalue weighted by molar-refractivity contribution is 5.97. The molecule has 3 fully saturated rings. The van der Waals surface area contributed by atoms with Crippen LogP contribution in [0.2, 0.25) is 0 Å². The molecule has 6 nitrogen and oxygen atoms in total. The molecule has 1 atom stereocenters. The van der Waals surface area contributed by atoms with Gasteiger partial charge in [-0.15, -0.1) is 0 Å². The Bertz CT molecular complexity index is 744. The van der Waals surface area contributed by atoms with Crippen LogP contribution >= 0.6 is 0 Å². The van der Waals surface area contributed by atoms with Crippen LogP contribution in [0.1, 0.15) is 61.7 Å². The lowest BCUT2D eigenvalue weighted by Gasteiger charge is -2.49. The minimum absolute atomic E-state index is 0.0448. The standard InChI is InChI=1S/C21H28N2O4/c24-17-8-3-7-16(19(17)26)20(27)22-12-4-10-21(13-22)11-9-18(25)23(14-21)15-5-1-2-6-15/h3,7-8,15,24,26H,1-2,4-6,9-14H2/t21-/m0/s1. The molecule has 1 aromatic rings. The Morgan fingerprint density at radius 2 is 1.85 bits per heavy atom. The molecule has 0 aromatic heterocycles. The number of likely N-dealkylation sites (tertiary alicyclic amines) is 2. The van der Waals surface area contributed by atoms with E-state index in [0.29, 0.717) is 25.6 Å². The smallest absolute Gasteiger partial charge is 0.257 e. The van der Waals surface area contributed by atoms with Crippen molar-refractivity contribution in [3.8, 4) is 11.5 Å². The minimum Gasteiger partial charge on any atom is -0.504 e. The molecule has 146 valence electrons. The summed E-state index contributed by atoms with van der Waals surface area (Å²) in [5.74, 6) is -0.606. The molecular formula is C21H28N2O4. The Morgan fingerprint density at radius 1 is 1.07 bits per heavy atom. The van der Waals surface area contributed by atoms with E-state index in [9.17, 15) is 19.8 Å². The van der Waals surface area contributed by atoms with E-state index in [0.717, 1.165) is 38.6 Å². The van der Waals surface area contributed by atoms with Crippen molar-refractivity contribution in [3.05, 3.63) is 23.8 Å². The van der Waals surface area contributed by atoms with Gasteiger partial charge in [-0.25, -0.2) is 0 Å². The monoisotopic (exact) mass is 372 g/mol. The van der Waals surface area contributed by atoms with E-state index in [1.165, 1.54) is 18.9 Å². The quantitative estimate of drug-likeness (QED) is 0.782. The van der Waals surface area contributed by atoms with Crippen molar-refractivity contribution >= 4 is 11.8 Å². The lowest BCUT2D eigenvalue weighted by molar-refractivity contribution is -0.142.